The summed E-state index contributed by atoms with van der Waals surface area (Å²) in [7, 11) is 0. The first-order valence-electron chi connectivity index (χ1n) is 10.5. The van der Waals surface area contributed by atoms with Gasteiger partial charge >= 0.3 is 0 Å². The van der Waals surface area contributed by atoms with Gasteiger partial charge in [0.25, 0.3) is 11.5 Å². The van der Waals surface area contributed by atoms with Gasteiger partial charge in [0.1, 0.15) is 11.6 Å². The molecule has 1 aromatic carbocycles. The molecule has 1 fully saturated rings. The average Bonchev–Trinajstić information content (AvgIpc) is 3.11. The van der Waals surface area contributed by atoms with Gasteiger partial charge in [-0.05, 0) is 24.1 Å². The SMILES string of the molecule is CC1(C)COCCn2c1nc(C(=O)NCc1ccc(F)cc1N1CCCC1=O)c(O)c2=O. The van der Waals surface area contributed by atoms with Gasteiger partial charge in [0, 0.05) is 24.9 Å². The zero-order chi connectivity index (χ0) is 23.0. The maximum absolute atomic E-state index is 13.8. The lowest BCUT2D eigenvalue weighted by atomic mass is 9.93. The van der Waals surface area contributed by atoms with Gasteiger partial charge in [0.15, 0.2) is 5.69 Å². The van der Waals surface area contributed by atoms with Gasteiger partial charge in [-0.2, -0.15) is 0 Å². The van der Waals surface area contributed by atoms with E-state index in [1.54, 1.807) is 0 Å². The molecule has 32 heavy (non-hydrogen) atoms. The molecule has 2 N–H and O–H groups in total. The first kappa shape index (κ1) is 21.9. The number of aromatic nitrogens is 2. The molecule has 9 nitrogen and oxygen atoms in total. The fourth-order valence-electron chi connectivity index (χ4n) is 4.07. The van der Waals surface area contributed by atoms with E-state index in [9.17, 15) is 23.9 Å². The van der Waals surface area contributed by atoms with Gasteiger partial charge in [-0.1, -0.05) is 19.9 Å². The Hall–Kier alpha value is -3.27. The Balaban J connectivity index is 1.63. The van der Waals surface area contributed by atoms with Crippen LogP contribution in [-0.2, 0) is 28.0 Å². The number of aromatic hydroxyl groups is 1. The lowest BCUT2D eigenvalue weighted by molar-refractivity contribution is -0.117. The number of carbonyl (C=O) groups excluding carboxylic acids is 2. The normalized spacial score (nSPS) is 17.7. The summed E-state index contributed by atoms with van der Waals surface area (Å²) in [4.78, 5) is 43.5. The molecule has 4 rings (SSSR count). The van der Waals surface area contributed by atoms with E-state index in [0.717, 1.165) is 0 Å². The predicted octanol–water partition coefficient (Wildman–Crippen LogP) is 1.45. The molecule has 170 valence electrons. The molecule has 10 heteroatoms. The number of amides is 2. The van der Waals surface area contributed by atoms with Gasteiger partial charge in [-0.25, -0.2) is 9.37 Å². The first-order valence-corrected chi connectivity index (χ1v) is 10.5. The molecule has 0 spiro atoms. The van der Waals surface area contributed by atoms with Crippen molar-refractivity contribution >= 4 is 17.5 Å². The van der Waals surface area contributed by atoms with Crippen LogP contribution in [0.3, 0.4) is 0 Å². The van der Waals surface area contributed by atoms with Crippen LogP contribution in [0.1, 0.15) is 48.6 Å². The Morgan fingerprint density at radius 1 is 1.31 bits per heavy atom. The summed E-state index contributed by atoms with van der Waals surface area (Å²) in [5.74, 6) is -1.72. The molecule has 2 aliphatic heterocycles. The van der Waals surface area contributed by atoms with Crippen LogP contribution in [0.2, 0.25) is 0 Å². The molecule has 2 aliphatic rings. The number of benzene rings is 1. The molecule has 0 aliphatic carbocycles. The summed E-state index contributed by atoms with van der Waals surface area (Å²) in [6.07, 6.45) is 1.07. The van der Waals surface area contributed by atoms with Crippen molar-refractivity contribution in [3.8, 4) is 5.75 Å². The van der Waals surface area contributed by atoms with E-state index in [1.807, 2.05) is 13.8 Å². The number of hydrogen-bond donors (Lipinski definition) is 2. The van der Waals surface area contributed by atoms with Gasteiger partial charge in [-0.15, -0.1) is 0 Å². The number of rotatable bonds is 4. The highest BCUT2D eigenvalue weighted by Gasteiger charge is 2.33. The summed E-state index contributed by atoms with van der Waals surface area (Å²) in [6, 6.07) is 4.01. The van der Waals surface area contributed by atoms with Gasteiger partial charge in [0.2, 0.25) is 11.7 Å². The molecule has 1 saturated heterocycles. The Bertz CT molecular complexity index is 1140. The third kappa shape index (κ3) is 3.97. The van der Waals surface area contributed by atoms with Gasteiger partial charge in [-0.3, -0.25) is 19.0 Å². The molecule has 0 saturated carbocycles. The molecular formula is C22H25FN4O5. The molecule has 0 unspecified atom stereocenters. The van der Waals surface area contributed by atoms with Crippen LogP contribution in [0.15, 0.2) is 23.0 Å². The molecular weight excluding hydrogens is 419 g/mol. The number of hydrogen-bond acceptors (Lipinski definition) is 6. The number of carbonyl (C=O) groups is 2. The van der Waals surface area contributed by atoms with Crippen LogP contribution in [0.4, 0.5) is 10.1 Å². The average molecular weight is 444 g/mol. The van der Waals surface area contributed by atoms with Crippen LogP contribution in [-0.4, -0.2) is 46.2 Å². The topological polar surface area (TPSA) is 114 Å². The zero-order valence-electron chi connectivity index (χ0n) is 18.0. The van der Waals surface area contributed by atoms with Crippen molar-refractivity contribution in [1.82, 2.24) is 14.9 Å². The second-order valence-electron chi connectivity index (χ2n) is 8.63. The maximum atomic E-state index is 13.8. The lowest BCUT2D eigenvalue weighted by Crippen LogP contribution is -2.36. The lowest BCUT2D eigenvalue weighted by Gasteiger charge is -2.24. The largest absolute Gasteiger partial charge is 0.501 e. The monoisotopic (exact) mass is 444 g/mol. The third-order valence-corrected chi connectivity index (χ3v) is 5.74. The van der Waals surface area contributed by atoms with Crippen LogP contribution >= 0.6 is 0 Å². The van der Waals surface area contributed by atoms with Gasteiger partial charge < -0.3 is 20.1 Å². The van der Waals surface area contributed by atoms with E-state index in [2.05, 4.69) is 10.3 Å². The van der Waals surface area contributed by atoms with E-state index < -0.39 is 28.4 Å². The first-order chi connectivity index (χ1) is 15.2. The molecule has 2 aromatic rings. The van der Waals surface area contributed by atoms with Crippen molar-refractivity contribution in [2.75, 3.05) is 24.7 Å². The van der Waals surface area contributed by atoms with Crippen molar-refractivity contribution in [3.05, 3.63) is 51.5 Å². The minimum Gasteiger partial charge on any atom is -0.501 e. The fraction of sp³-hybridized carbons (Fsp3) is 0.455. The highest BCUT2D eigenvalue weighted by molar-refractivity contribution is 5.97. The van der Waals surface area contributed by atoms with Crippen molar-refractivity contribution in [3.63, 3.8) is 0 Å². The van der Waals surface area contributed by atoms with E-state index in [4.69, 9.17) is 4.74 Å². The standard InChI is InChI=1S/C22H25FN4O5/c1-22(2)12-32-9-8-27-20(31)18(29)17(25-21(22)27)19(30)24-11-13-5-6-14(23)10-15(13)26-7-3-4-16(26)28/h5-6,10,29H,3-4,7-9,11-12H2,1-2H3,(H,24,30). The number of fused-ring (bicyclic) bond motifs is 1. The molecule has 1 aromatic heterocycles. The summed E-state index contributed by atoms with van der Waals surface area (Å²) in [5, 5.41) is 13.0. The highest BCUT2D eigenvalue weighted by Crippen LogP contribution is 2.28. The second kappa shape index (κ2) is 8.34. The number of nitrogens with zero attached hydrogens (tertiary/aromatic N) is 3. The minimum absolute atomic E-state index is 0.0374. The summed E-state index contributed by atoms with van der Waals surface area (Å²) in [5.41, 5.74) is -0.792. The predicted molar refractivity (Wildman–Crippen MR) is 113 cm³/mol. The second-order valence-corrected chi connectivity index (χ2v) is 8.63. The molecule has 0 atom stereocenters. The summed E-state index contributed by atoms with van der Waals surface area (Å²) >= 11 is 0. The smallest absolute Gasteiger partial charge is 0.296 e. The third-order valence-electron chi connectivity index (χ3n) is 5.74. The van der Waals surface area contributed by atoms with E-state index >= 15 is 0 Å². The zero-order valence-corrected chi connectivity index (χ0v) is 18.0. The molecule has 2 amide bonds. The van der Waals surface area contributed by atoms with Crippen LogP contribution in [0.25, 0.3) is 0 Å². The Labute approximate surface area is 183 Å². The molecule has 3 heterocycles. The van der Waals surface area contributed by atoms with Crippen molar-refractivity contribution in [1.29, 1.82) is 0 Å². The summed E-state index contributed by atoms with van der Waals surface area (Å²) < 4.78 is 20.7. The molecule has 0 radical (unpaired) electrons. The number of nitrogens with one attached hydrogen (secondary N) is 1. The number of halogens is 1. The van der Waals surface area contributed by atoms with Gasteiger partial charge in [0.05, 0.1) is 25.4 Å². The minimum atomic E-state index is -0.744. The quantitative estimate of drug-likeness (QED) is 0.738. The Kier molecular flexibility index (Phi) is 5.72. The van der Waals surface area contributed by atoms with E-state index in [-0.39, 0.29) is 24.7 Å². The Morgan fingerprint density at radius 2 is 2.09 bits per heavy atom. The van der Waals surface area contributed by atoms with Crippen molar-refractivity contribution in [2.45, 2.75) is 45.2 Å². The fourth-order valence-corrected chi connectivity index (χ4v) is 4.07. The number of anilines is 1. The van der Waals surface area contributed by atoms with E-state index in [1.165, 1.54) is 27.7 Å². The maximum Gasteiger partial charge on any atom is 0.296 e. The summed E-state index contributed by atoms with van der Waals surface area (Å²) in [6.45, 7) is 4.96. The highest BCUT2D eigenvalue weighted by atomic mass is 19.1. The van der Waals surface area contributed by atoms with Crippen molar-refractivity contribution in [2.24, 2.45) is 0 Å². The van der Waals surface area contributed by atoms with Crippen LogP contribution in [0, 0.1) is 5.82 Å². The van der Waals surface area contributed by atoms with Crippen LogP contribution in [0.5, 0.6) is 5.75 Å². The number of ether oxygens (including phenoxy) is 1. The van der Waals surface area contributed by atoms with Crippen molar-refractivity contribution < 1.29 is 23.8 Å². The van der Waals surface area contributed by atoms with Crippen LogP contribution < -0.4 is 15.8 Å². The van der Waals surface area contributed by atoms with E-state index in [0.29, 0.717) is 49.7 Å². The Morgan fingerprint density at radius 3 is 2.81 bits per heavy atom. The molecule has 0 bridgehead atoms.